The molecule has 1 heterocycles. The van der Waals surface area contributed by atoms with Gasteiger partial charge in [0.2, 0.25) is 0 Å². The van der Waals surface area contributed by atoms with Gasteiger partial charge in [0, 0.05) is 30.4 Å². The maximum absolute atomic E-state index is 10.5. The molecule has 16 heavy (non-hydrogen) atoms. The van der Waals surface area contributed by atoms with Gasteiger partial charge in [-0.25, -0.2) is 0 Å². The van der Waals surface area contributed by atoms with E-state index >= 15 is 0 Å². The lowest BCUT2D eigenvalue weighted by atomic mass is 10.1. The number of benzene rings is 1. The molecule has 0 fully saturated rings. The van der Waals surface area contributed by atoms with Gasteiger partial charge in [0.05, 0.1) is 10.6 Å². The topological polar surface area (TPSA) is 61.0 Å². The predicted octanol–water partition coefficient (Wildman–Crippen LogP) is 2.30. The molecule has 0 radical (unpaired) electrons. The Balaban J connectivity index is 2.38. The molecule has 0 bridgehead atoms. The molecule has 0 saturated heterocycles. The second-order valence-electron chi connectivity index (χ2n) is 3.60. The highest BCUT2D eigenvalue weighted by molar-refractivity contribution is 5.61. The standard InChI is InChI=1S/C11H11N3O2/c1-8-7-11(12-13(8)2)9-3-5-10(6-4-9)14(15)16/h3-7H,1-2H3. The van der Waals surface area contributed by atoms with E-state index in [1.807, 2.05) is 20.0 Å². The molecule has 1 aromatic heterocycles. The van der Waals surface area contributed by atoms with Crippen LogP contribution in [0.2, 0.25) is 0 Å². The van der Waals surface area contributed by atoms with E-state index in [4.69, 9.17) is 0 Å². The van der Waals surface area contributed by atoms with Crippen LogP contribution in [0.25, 0.3) is 11.3 Å². The van der Waals surface area contributed by atoms with Gasteiger partial charge in [-0.2, -0.15) is 5.10 Å². The van der Waals surface area contributed by atoms with E-state index in [-0.39, 0.29) is 5.69 Å². The zero-order valence-electron chi connectivity index (χ0n) is 9.04. The zero-order valence-corrected chi connectivity index (χ0v) is 9.04. The summed E-state index contributed by atoms with van der Waals surface area (Å²) >= 11 is 0. The summed E-state index contributed by atoms with van der Waals surface area (Å²) in [5.74, 6) is 0. The van der Waals surface area contributed by atoms with Crippen molar-refractivity contribution in [2.45, 2.75) is 6.92 Å². The van der Waals surface area contributed by atoms with Crippen molar-refractivity contribution >= 4 is 5.69 Å². The Hall–Kier alpha value is -2.17. The molecule has 1 aromatic carbocycles. The molecule has 0 saturated carbocycles. The zero-order chi connectivity index (χ0) is 11.7. The Morgan fingerprint density at radius 2 is 1.94 bits per heavy atom. The molecule has 0 aliphatic carbocycles. The molecular weight excluding hydrogens is 206 g/mol. The first-order valence-corrected chi connectivity index (χ1v) is 4.83. The molecule has 0 amide bonds. The van der Waals surface area contributed by atoms with Gasteiger partial charge in [-0.15, -0.1) is 0 Å². The second-order valence-corrected chi connectivity index (χ2v) is 3.60. The Kier molecular flexibility index (Phi) is 2.44. The number of nitro groups is 1. The lowest BCUT2D eigenvalue weighted by Crippen LogP contribution is -1.92. The molecule has 82 valence electrons. The average molecular weight is 217 g/mol. The van der Waals surface area contributed by atoms with Crippen molar-refractivity contribution in [3.63, 3.8) is 0 Å². The van der Waals surface area contributed by atoms with Crippen LogP contribution in [0.3, 0.4) is 0 Å². The van der Waals surface area contributed by atoms with E-state index in [0.717, 1.165) is 17.0 Å². The first-order valence-electron chi connectivity index (χ1n) is 4.83. The quantitative estimate of drug-likeness (QED) is 0.572. The predicted molar refractivity (Wildman–Crippen MR) is 60.0 cm³/mol. The molecule has 0 N–H and O–H groups in total. The highest BCUT2D eigenvalue weighted by Crippen LogP contribution is 2.21. The molecule has 0 unspecified atom stereocenters. The fraction of sp³-hybridized carbons (Fsp3) is 0.182. The normalized spacial score (nSPS) is 10.4. The molecular formula is C11H11N3O2. The maximum Gasteiger partial charge on any atom is 0.269 e. The monoisotopic (exact) mass is 217 g/mol. The van der Waals surface area contributed by atoms with Gasteiger partial charge in [0.1, 0.15) is 0 Å². The van der Waals surface area contributed by atoms with Crippen molar-refractivity contribution in [2.75, 3.05) is 0 Å². The van der Waals surface area contributed by atoms with Crippen LogP contribution in [0.5, 0.6) is 0 Å². The van der Waals surface area contributed by atoms with Crippen molar-refractivity contribution in [1.29, 1.82) is 0 Å². The average Bonchev–Trinajstić information content (AvgIpc) is 2.59. The highest BCUT2D eigenvalue weighted by atomic mass is 16.6. The molecule has 0 atom stereocenters. The largest absolute Gasteiger partial charge is 0.272 e. The van der Waals surface area contributed by atoms with Gasteiger partial charge in [-0.05, 0) is 25.1 Å². The number of rotatable bonds is 2. The Morgan fingerprint density at radius 1 is 1.31 bits per heavy atom. The summed E-state index contributed by atoms with van der Waals surface area (Å²) in [6, 6.07) is 8.33. The lowest BCUT2D eigenvalue weighted by molar-refractivity contribution is -0.384. The fourth-order valence-corrected chi connectivity index (χ4v) is 1.46. The third kappa shape index (κ3) is 1.79. The SMILES string of the molecule is Cc1cc(-c2ccc([N+](=O)[O-])cc2)nn1C. The van der Waals surface area contributed by atoms with Crippen LogP contribution in [0.1, 0.15) is 5.69 Å². The van der Waals surface area contributed by atoms with Crippen LogP contribution in [0.4, 0.5) is 5.69 Å². The van der Waals surface area contributed by atoms with E-state index in [9.17, 15) is 10.1 Å². The molecule has 5 nitrogen and oxygen atoms in total. The summed E-state index contributed by atoms with van der Waals surface area (Å²) in [6.45, 7) is 1.96. The molecule has 2 rings (SSSR count). The van der Waals surface area contributed by atoms with Gasteiger partial charge in [0.15, 0.2) is 0 Å². The Labute approximate surface area is 92.5 Å². The number of aryl methyl sites for hydroxylation is 2. The van der Waals surface area contributed by atoms with Crippen LogP contribution in [-0.2, 0) is 7.05 Å². The van der Waals surface area contributed by atoms with Crippen LogP contribution in [0, 0.1) is 17.0 Å². The first-order chi connectivity index (χ1) is 7.58. The van der Waals surface area contributed by atoms with Gasteiger partial charge in [-0.3, -0.25) is 14.8 Å². The van der Waals surface area contributed by atoms with Crippen LogP contribution in [0.15, 0.2) is 30.3 Å². The summed E-state index contributed by atoms with van der Waals surface area (Å²) in [5, 5.41) is 14.8. The van der Waals surface area contributed by atoms with Crippen molar-refractivity contribution in [1.82, 2.24) is 9.78 Å². The van der Waals surface area contributed by atoms with Crippen molar-refractivity contribution in [2.24, 2.45) is 7.05 Å². The minimum Gasteiger partial charge on any atom is -0.272 e. The summed E-state index contributed by atoms with van der Waals surface area (Å²) in [5.41, 5.74) is 2.86. The lowest BCUT2D eigenvalue weighted by Gasteiger charge is -1.95. The number of hydrogen-bond acceptors (Lipinski definition) is 3. The van der Waals surface area contributed by atoms with Gasteiger partial charge < -0.3 is 0 Å². The van der Waals surface area contributed by atoms with Crippen molar-refractivity contribution < 1.29 is 4.92 Å². The summed E-state index contributed by atoms with van der Waals surface area (Å²) in [7, 11) is 1.87. The molecule has 0 aliphatic rings. The summed E-state index contributed by atoms with van der Waals surface area (Å²) in [4.78, 5) is 10.1. The number of hydrogen-bond donors (Lipinski definition) is 0. The van der Waals surface area contributed by atoms with Gasteiger partial charge in [-0.1, -0.05) is 0 Å². The van der Waals surface area contributed by atoms with Crippen LogP contribution >= 0.6 is 0 Å². The van der Waals surface area contributed by atoms with Crippen LogP contribution in [-0.4, -0.2) is 14.7 Å². The number of nitrogens with zero attached hydrogens (tertiary/aromatic N) is 3. The smallest absolute Gasteiger partial charge is 0.269 e. The molecule has 0 spiro atoms. The minimum absolute atomic E-state index is 0.0939. The van der Waals surface area contributed by atoms with Crippen molar-refractivity contribution in [3.05, 3.63) is 46.1 Å². The van der Waals surface area contributed by atoms with Gasteiger partial charge in [0.25, 0.3) is 5.69 Å². The van der Waals surface area contributed by atoms with E-state index < -0.39 is 4.92 Å². The van der Waals surface area contributed by atoms with Crippen LogP contribution < -0.4 is 0 Å². The first kappa shape index (κ1) is 10.4. The molecule has 0 aliphatic heterocycles. The van der Waals surface area contributed by atoms with Gasteiger partial charge >= 0.3 is 0 Å². The van der Waals surface area contributed by atoms with E-state index in [0.29, 0.717) is 0 Å². The number of non-ortho nitro benzene ring substituents is 1. The highest BCUT2D eigenvalue weighted by Gasteiger charge is 2.07. The van der Waals surface area contributed by atoms with E-state index in [2.05, 4.69) is 5.10 Å². The molecule has 5 heteroatoms. The Bertz CT molecular complexity index is 509. The number of nitro benzene ring substituents is 1. The van der Waals surface area contributed by atoms with Crippen molar-refractivity contribution in [3.8, 4) is 11.3 Å². The summed E-state index contributed by atoms with van der Waals surface area (Å²) in [6.07, 6.45) is 0. The Morgan fingerprint density at radius 3 is 2.38 bits per heavy atom. The van der Waals surface area contributed by atoms with E-state index in [1.165, 1.54) is 12.1 Å². The number of aromatic nitrogens is 2. The van der Waals surface area contributed by atoms with E-state index in [1.54, 1.807) is 16.8 Å². The minimum atomic E-state index is -0.409. The second kappa shape index (κ2) is 3.77. The summed E-state index contributed by atoms with van der Waals surface area (Å²) < 4.78 is 1.77. The maximum atomic E-state index is 10.5. The third-order valence-corrected chi connectivity index (χ3v) is 2.49. The fourth-order valence-electron chi connectivity index (χ4n) is 1.46. The molecule has 2 aromatic rings. The third-order valence-electron chi connectivity index (χ3n) is 2.49.